The smallest absolute Gasteiger partial charge is 0.238 e. The van der Waals surface area contributed by atoms with Crippen molar-refractivity contribution in [2.45, 2.75) is 32.2 Å². The maximum Gasteiger partial charge on any atom is 0.238 e. The van der Waals surface area contributed by atoms with Gasteiger partial charge in [0.15, 0.2) is 0 Å². The maximum absolute atomic E-state index is 12.0. The number of hydrogen-bond donors (Lipinski definition) is 1. The normalized spacial score (nSPS) is 20.0. The summed E-state index contributed by atoms with van der Waals surface area (Å²) in [4.78, 5) is 14.3. The van der Waals surface area contributed by atoms with Crippen LogP contribution >= 0.6 is 0 Å². The van der Waals surface area contributed by atoms with Gasteiger partial charge in [0.05, 0.1) is 13.7 Å². The van der Waals surface area contributed by atoms with Crippen molar-refractivity contribution in [3.8, 4) is 5.75 Å². The first-order chi connectivity index (χ1) is 9.19. The molecular weight excluding hydrogens is 240 g/mol. The lowest BCUT2D eigenvalue weighted by atomic mass is 10.0. The number of carbonyl (C=O) groups excluding carboxylic acids is 1. The summed E-state index contributed by atoms with van der Waals surface area (Å²) in [7, 11) is 1.62. The lowest BCUT2D eigenvalue weighted by Gasteiger charge is -2.32. The van der Waals surface area contributed by atoms with Crippen molar-refractivity contribution in [2.24, 2.45) is 0 Å². The molecule has 1 aliphatic heterocycles. The van der Waals surface area contributed by atoms with Gasteiger partial charge in [0.1, 0.15) is 5.75 Å². The average molecular weight is 262 g/mol. The Morgan fingerprint density at radius 3 is 3.05 bits per heavy atom. The number of anilines is 1. The minimum atomic E-state index is 0.0435. The molecule has 0 aliphatic carbocycles. The number of likely N-dealkylation sites (tertiary alicyclic amines) is 1. The minimum absolute atomic E-state index is 0.0435. The van der Waals surface area contributed by atoms with E-state index in [2.05, 4.69) is 17.1 Å². The standard InChI is InChI=1S/C15H22N2O2/c1-12-6-3-4-9-17(12)11-15(18)16-13-7-5-8-14(10-13)19-2/h5,7-8,10,12H,3-4,6,9,11H2,1-2H3,(H,16,18)/t12-/m0/s1. The van der Waals surface area contributed by atoms with Crippen molar-refractivity contribution < 1.29 is 9.53 Å². The Morgan fingerprint density at radius 2 is 2.32 bits per heavy atom. The first-order valence-electron chi connectivity index (χ1n) is 6.87. The van der Waals surface area contributed by atoms with Crippen LogP contribution < -0.4 is 10.1 Å². The molecule has 0 aromatic heterocycles. The van der Waals surface area contributed by atoms with Crippen LogP contribution in [0.4, 0.5) is 5.69 Å². The molecule has 1 amide bonds. The molecule has 0 saturated carbocycles. The predicted octanol–water partition coefficient (Wildman–Crippen LogP) is 2.51. The molecule has 1 N–H and O–H groups in total. The lowest BCUT2D eigenvalue weighted by molar-refractivity contribution is -0.118. The second-order valence-electron chi connectivity index (χ2n) is 5.10. The summed E-state index contributed by atoms with van der Waals surface area (Å²) in [5.74, 6) is 0.797. The first-order valence-corrected chi connectivity index (χ1v) is 6.87. The molecule has 0 unspecified atom stereocenters. The van der Waals surface area contributed by atoms with E-state index in [1.54, 1.807) is 7.11 Å². The van der Waals surface area contributed by atoms with Crippen molar-refractivity contribution >= 4 is 11.6 Å². The second kappa shape index (κ2) is 6.57. The molecule has 1 aliphatic rings. The molecule has 104 valence electrons. The van der Waals surface area contributed by atoms with E-state index in [-0.39, 0.29) is 5.91 Å². The quantitative estimate of drug-likeness (QED) is 0.906. The van der Waals surface area contributed by atoms with Gasteiger partial charge in [0, 0.05) is 17.8 Å². The van der Waals surface area contributed by atoms with E-state index in [1.807, 2.05) is 24.3 Å². The number of ether oxygens (including phenoxy) is 1. The molecule has 2 rings (SSSR count). The molecule has 4 nitrogen and oxygen atoms in total. The Morgan fingerprint density at radius 1 is 1.47 bits per heavy atom. The Hall–Kier alpha value is -1.55. The number of carbonyl (C=O) groups is 1. The van der Waals surface area contributed by atoms with Crippen molar-refractivity contribution in [2.75, 3.05) is 25.5 Å². The van der Waals surface area contributed by atoms with E-state index in [0.29, 0.717) is 12.6 Å². The zero-order valence-electron chi connectivity index (χ0n) is 11.7. The number of methoxy groups -OCH3 is 1. The zero-order chi connectivity index (χ0) is 13.7. The molecule has 0 radical (unpaired) electrons. The van der Waals surface area contributed by atoms with E-state index < -0.39 is 0 Å². The Bertz CT molecular complexity index is 434. The zero-order valence-corrected chi connectivity index (χ0v) is 11.7. The number of amides is 1. The van der Waals surface area contributed by atoms with Gasteiger partial charge in [0.2, 0.25) is 5.91 Å². The Kier molecular flexibility index (Phi) is 4.80. The topological polar surface area (TPSA) is 41.6 Å². The van der Waals surface area contributed by atoms with Crippen LogP contribution in [0.15, 0.2) is 24.3 Å². The molecule has 4 heteroatoms. The van der Waals surface area contributed by atoms with Crippen molar-refractivity contribution in [3.63, 3.8) is 0 Å². The Labute approximate surface area is 114 Å². The van der Waals surface area contributed by atoms with Crippen LogP contribution in [0.3, 0.4) is 0 Å². The number of benzene rings is 1. The fourth-order valence-corrected chi connectivity index (χ4v) is 2.48. The fraction of sp³-hybridized carbons (Fsp3) is 0.533. The van der Waals surface area contributed by atoms with Gasteiger partial charge in [-0.15, -0.1) is 0 Å². The van der Waals surface area contributed by atoms with Gasteiger partial charge in [-0.3, -0.25) is 9.69 Å². The highest BCUT2D eigenvalue weighted by molar-refractivity contribution is 5.92. The predicted molar refractivity (Wildman–Crippen MR) is 76.5 cm³/mol. The van der Waals surface area contributed by atoms with E-state index in [4.69, 9.17) is 4.74 Å². The monoisotopic (exact) mass is 262 g/mol. The van der Waals surface area contributed by atoms with E-state index in [0.717, 1.165) is 18.0 Å². The Balaban J connectivity index is 1.89. The molecule has 1 saturated heterocycles. The van der Waals surface area contributed by atoms with Gasteiger partial charge in [-0.25, -0.2) is 0 Å². The number of hydrogen-bond acceptors (Lipinski definition) is 3. The summed E-state index contributed by atoms with van der Waals surface area (Å²) < 4.78 is 5.14. The molecular formula is C15H22N2O2. The SMILES string of the molecule is COc1cccc(NC(=O)CN2CCCC[C@@H]2C)c1. The second-order valence-corrected chi connectivity index (χ2v) is 5.10. The highest BCUT2D eigenvalue weighted by Crippen LogP contribution is 2.18. The number of piperidine rings is 1. The lowest BCUT2D eigenvalue weighted by Crippen LogP contribution is -2.42. The number of nitrogens with one attached hydrogen (secondary N) is 1. The summed E-state index contributed by atoms with van der Waals surface area (Å²) in [6.45, 7) is 3.68. The van der Waals surface area contributed by atoms with E-state index >= 15 is 0 Å². The summed E-state index contributed by atoms with van der Waals surface area (Å²) in [5, 5.41) is 2.92. The van der Waals surface area contributed by atoms with Crippen LogP contribution in [-0.4, -0.2) is 37.0 Å². The largest absolute Gasteiger partial charge is 0.497 e. The summed E-state index contributed by atoms with van der Waals surface area (Å²) >= 11 is 0. The van der Waals surface area contributed by atoms with Gasteiger partial charge < -0.3 is 10.1 Å². The minimum Gasteiger partial charge on any atom is -0.497 e. The molecule has 1 fully saturated rings. The van der Waals surface area contributed by atoms with Crippen molar-refractivity contribution in [1.29, 1.82) is 0 Å². The average Bonchev–Trinajstić information content (AvgIpc) is 2.41. The van der Waals surface area contributed by atoms with Crippen LogP contribution in [0.25, 0.3) is 0 Å². The van der Waals surface area contributed by atoms with Crippen LogP contribution in [0.2, 0.25) is 0 Å². The highest BCUT2D eigenvalue weighted by Gasteiger charge is 2.20. The summed E-state index contributed by atoms with van der Waals surface area (Å²) in [6.07, 6.45) is 3.65. The third kappa shape index (κ3) is 3.96. The molecule has 0 bridgehead atoms. The van der Waals surface area contributed by atoms with Crippen LogP contribution in [0.5, 0.6) is 5.75 Å². The van der Waals surface area contributed by atoms with Gasteiger partial charge in [-0.1, -0.05) is 12.5 Å². The fourth-order valence-electron chi connectivity index (χ4n) is 2.48. The van der Waals surface area contributed by atoms with Gasteiger partial charge in [0.25, 0.3) is 0 Å². The third-order valence-corrected chi connectivity index (χ3v) is 3.64. The summed E-state index contributed by atoms with van der Waals surface area (Å²) in [6, 6.07) is 7.95. The molecule has 0 spiro atoms. The first kappa shape index (κ1) is 13.9. The van der Waals surface area contributed by atoms with E-state index in [9.17, 15) is 4.79 Å². The van der Waals surface area contributed by atoms with Gasteiger partial charge in [-0.05, 0) is 38.4 Å². The third-order valence-electron chi connectivity index (χ3n) is 3.64. The molecule has 1 aromatic rings. The molecule has 1 atom stereocenters. The number of nitrogens with zero attached hydrogens (tertiary/aromatic N) is 1. The number of rotatable bonds is 4. The van der Waals surface area contributed by atoms with Crippen molar-refractivity contribution in [1.82, 2.24) is 4.90 Å². The van der Waals surface area contributed by atoms with Crippen LogP contribution in [0.1, 0.15) is 26.2 Å². The molecule has 19 heavy (non-hydrogen) atoms. The maximum atomic E-state index is 12.0. The highest BCUT2D eigenvalue weighted by atomic mass is 16.5. The van der Waals surface area contributed by atoms with E-state index in [1.165, 1.54) is 19.3 Å². The van der Waals surface area contributed by atoms with Crippen molar-refractivity contribution in [3.05, 3.63) is 24.3 Å². The van der Waals surface area contributed by atoms with Crippen LogP contribution in [-0.2, 0) is 4.79 Å². The van der Waals surface area contributed by atoms with Gasteiger partial charge in [-0.2, -0.15) is 0 Å². The van der Waals surface area contributed by atoms with Gasteiger partial charge >= 0.3 is 0 Å². The molecule has 1 heterocycles. The molecule has 1 aromatic carbocycles. The summed E-state index contributed by atoms with van der Waals surface area (Å²) in [5.41, 5.74) is 0.786. The van der Waals surface area contributed by atoms with Crippen LogP contribution in [0, 0.1) is 0 Å².